The molecule has 0 radical (unpaired) electrons. The lowest BCUT2D eigenvalue weighted by molar-refractivity contribution is -0.122. The molecule has 2 aliphatic carbocycles. The third kappa shape index (κ3) is 4.60. The number of nitrogens with one attached hydrogen (secondary N) is 1. The topological polar surface area (TPSA) is 55.1 Å². The largest absolute Gasteiger partial charge is 0.352 e. The molecule has 2 saturated carbocycles. The molecule has 1 aromatic carbocycles. The molecule has 0 aliphatic heterocycles. The molecule has 2 bridgehead atoms. The van der Waals surface area contributed by atoms with Gasteiger partial charge in [0.2, 0.25) is 5.91 Å². The van der Waals surface area contributed by atoms with Gasteiger partial charge in [0.1, 0.15) is 0 Å². The Morgan fingerprint density at radius 3 is 2.54 bits per heavy atom. The van der Waals surface area contributed by atoms with Crippen molar-refractivity contribution in [3.05, 3.63) is 29.3 Å². The van der Waals surface area contributed by atoms with E-state index in [9.17, 15) is 4.79 Å². The molecule has 1 amide bonds. The van der Waals surface area contributed by atoms with Crippen molar-refractivity contribution in [1.82, 2.24) is 5.32 Å². The van der Waals surface area contributed by atoms with E-state index >= 15 is 0 Å². The summed E-state index contributed by atoms with van der Waals surface area (Å²) in [5.74, 6) is 1.23. The first-order valence-electron chi connectivity index (χ1n) is 8.51. The van der Waals surface area contributed by atoms with Gasteiger partial charge in [-0.1, -0.05) is 30.2 Å². The Hall–Kier alpha value is -0.420. The van der Waals surface area contributed by atoms with Gasteiger partial charge in [-0.15, -0.1) is 24.2 Å². The number of amides is 1. The fourth-order valence-electron chi connectivity index (χ4n) is 4.09. The Labute approximate surface area is 159 Å². The van der Waals surface area contributed by atoms with Crippen LogP contribution in [0.4, 0.5) is 0 Å². The van der Waals surface area contributed by atoms with Gasteiger partial charge >= 0.3 is 0 Å². The molecule has 3 rings (SSSR count). The van der Waals surface area contributed by atoms with Crippen molar-refractivity contribution in [2.45, 2.75) is 61.3 Å². The van der Waals surface area contributed by atoms with E-state index in [2.05, 4.69) is 5.32 Å². The van der Waals surface area contributed by atoms with E-state index in [0.717, 1.165) is 17.7 Å². The van der Waals surface area contributed by atoms with E-state index in [-0.39, 0.29) is 23.6 Å². The third-order valence-corrected chi connectivity index (χ3v) is 6.81. The fourth-order valence-corrected chi connectivity index (χ4v) is 5.25. The summed E-state index contributed by atoms with van der Waals surface area (Å²) < 4.78 is 0. The molecule has 6 heteroatoms. The number of halogens is 2. The van der Waals surface area contributed by atoms with Gasteiger partial charge in [-0.2, -0.15) is 0 Å². The highest BCUT2D eigenvalue weighted by atomic mass is 35.5. The second kappa shape index (κ2) is 8.79. The summed E-state index contributed by atoms with van der Waals surface area (Å²) >= 11 is 7.72. The zero-order valence-corrected chi connectivity index (χ0v) is 16.3. The number of hydrogen-bond donors (Lipinski definition) is 2. The molecule has 0 aromatic heterocycles. The summed E-state index contributed by atoms with van der Waals surface area (Å²) in [5.41, 5.74) is 6.17. The van der Waals surface area contributed by atoms with Gasteiger partial charge in [0.25, 0.3) is 0 Å². The van der Waals surface area contributed by atoms with E-state index < -0.39 is 0 Å². The highest BCUT2D eigenvalue weighted by Gasteiger charge is 2.40. The highest BCUT2D eigenvalue weighted by molar-refractivity contribution is 8.00. The first-order valence-corrected chi connectivity index (χ1v) is 9.77. The summed E-state index contributed by atoms with van der Waals surface area (Å²) in [6.45, 7) is 1.95. The lowest BCUT2D eigenvalue weighted by Crippen LogP contribution is -2.54. The maximum absolute atomic E-state index is 12.6. The average Bonchev–Trinajstić information content (AvgIpc) is 2.50. The Morgan fingerprint density at radius 1 is 1.29 bits per heavy atom. The van der Waals surface area contributed by atoms with E-state index in [4.69, 9.17) is 17.3 Å². The van der Waals surface area contributed by atoms with Gasteiger partial charge in [0.05, 0.1) is 10.3 Å². The van der Waals surface area contributed by atoms with Crippen molar-refractivity contribution >= 4 is 41.7 Å². The second-order valence-electron chi connectivity index (χ2n) is 6.91. The molecule has 2 fully saturated rings. The van der Waals surface area contributed by atoms with Crippen LogP contribution < -0.4 is 11.1 Å². The number of benzene rings is 1. The van der Waals surface area contributed by atoms with Crippen LogP contribution in [-0.2, 0) is 4.79 Å². The quantitative estimate of drug-likeness (QED) is 0.757. The minimum atomic E-state index is -0.147. The van der Waals surface area contributed by atoms with Crippen molar-refractivity contribution in [3.8, 4) is 0 Å². The van der Waals surface area contributed by atoms with Gasteiger partial charge in [-0.3, -0.25) is 4.79 Å². The van der Waals surface area contributed by atoms with Gasteiger partial charge in [0.15, 0.2) is 0 Å². The third-order valence-electron chi connectivity index (χ3n) is 5.20. The standard InChI is InChI=1S/C18H25ClN2OS.ClH/c1-11(23-16-8-3-2-7-15(16)19)18(22)21-17-12-5-4-6-13(17)10-14(20)9-12;/h2-3,7-8,11-14,17H,4-6,9-10,20H2,1H3,(H,21,22);1H. The molecule has 3 atom stereocenters. The fraction of sp³-hybridized carbons (Fsp3) is 0.611. The average molecular weight is 389 g/mol. The van der Waals surface area contributed by atoms with Crippen LogP contribution in [0.2, 0.25) is 5.02 Å². The molecule has 1 aromatic rings. The Kier molecular flexibility index (Phi) is 7.29. The zero-order valence-electron chi connectivity index (χ0n) is 13.9. The number of fused-ring (bicyclic) bond motifs is 2. The lowest BCUT2D eigenvalue weighted by Gasteiger charge is -2.45. The second-order valence-corrected chi connectivity index (χ2v) is 8.70. The van der Waals surface area contributed by atoms with Crippen molar-refractivity contribution in [2.24, 2.45) is 17.6 Å². The van der Waals surface area contributed by atoms with Gasteiger partial charge < -0.3 is 11.1 Å². The molecule has 3 N–H and O–H groups in total. The molecule has 24 heavy (non-hydrogen) atoms. The monoisotopic (exact) mass is 388 g/mol. The van der Waals surface area contributed by atoms with E-state index in [1.807, 2.05) is 31.2 Å². The first kappa shape index (κ1) is 19.9. The molecular formula is C18H26Cl2N2OS. The maximum atomic E-state index is 12.6. The minimum absolute atomic E-state index is 0. The van der Waals surface area contributed by atoms with Crippen LogP contribution in [0.15, 0.2) is 29.2 Å². The molecule has 3 unspecified atom stereocenters. The zero-order chi connectivity index (χ0) is 16.4. The Balaban J connectivity index is 0.00000208. The van der Waals surface area contributed by atoms with Crippen LogP contribution >= 0.6 is 35.8 Å². The van der Waals surface area contributed by atoms with E-state index in [0.29, 0.717) is 28.9 Å². The normalized spacial score (nSPS) is 30.1. The van der Waals surface area contributed by atoms with Crippen LogP contribution in [-0.4, -0.2) is 23.2 Å². The minimum Gasteiger partial charge on any atom is -0.352 e. The SMILES string of the molecule is CC(Sc1ccccc1Cl)C(=O)NC1C2CCCC1CC(N)C2.Cl. The van der Waals surface area contributed by atoms with Crippen LogP contribution in [0.3, 0.4) is 0 Å². The first-order chi connectivity index (χ1) is 11.0. The predicted molar refractivity (Wildman–Crippen MR) is 104 cm³/mol. The molecule has 0 spiro atoms. The maximum Gasteiger partial charge on any atom is 0.233 e. The summed E-state index contributed by atoms with van der Waals surface area (Å²) in [4.78, 5) is 13.6. The highest BCUT2D eigenvalue weighted by Crippen LogP contribution is 2.40. The number of carbonyl (C=O) groups excluding carboxylic acids is 1. The Morgan fingerprint density at radius 2 is 1.92 bits per heavy atom. The van der Waals surface area contributed by atoms with Crippen molar-refractivity contribution in [3.63, 3.8) is 0 Å². The van der Waals surface area contributed by atoms with Crippen LogP contribution in [0.1, 0.15) is 39.0 Å². The van der Waals surface area contributed by atoms with E-state index in [1.165, 1.54) is 31.0 Å². The van der Waals surface area contributed by atoms with Crippen LogP contribution in [0.25, 0.3) is 0 Å². The van der Waals surface area contributed by atoms with Crippen molar-refractivity contribution < 1.29 is 4.79 Å². The summed E-state index contributed by atoms with van der Waals surface area (Å²) in [7, 11) is 0. The molecule has 134 valence electrons. The predicted octanol–water partition coefficient (Wildman–Crippen LogP) is 4.26. The lowest BCUT2D eigenvalue weighted by atomic mass is 9.67. The summed E-state index contributed by atoms with van der Waals surface area (Å²) in [6, 6.07) is 8.31. The van der Waals surface area contributed by atoms with Gasteiger partial charge in [0, 0.05) is 17.0 Å². The molecule has 0 heterocycles. The summed E-state index contributed by atoms with van der Waals surface area (Å²) in [5, 5.41) is 3.88. The Bertz CT molecular complexity index is 558. The molecular weight excluding hydrogens is 363 g/mol. The van der Waals surface area contributed by atoms with Crippen LogP contribution in [0.5, 0.6) is 0 Å². The molecule has 3 nitrogen and oxygen atoms in total. The number of carbonyl (C=O) groups is 1. The van der Waals surface area contributed by atoms with Crippen molar-refractivity contribution in [2.75, 3.05) is 0 Å². The molecule has 2 aliphatic rings. The number of thioether (sulfide) groups is 1. The number of rotatable bonds is 4. The number of nitrogens with two attached hydrogens (primary N) is 1. The number of hydrogen-bond acceptors (Lipinski definition) is 3. The van der Waals surface area contributed by atoms with Crippen LogP contribution in [0, 0.1) is 11.8 Å². The molecule has 0 saturated heterocycles. The van der Waals surface area contributed by atoms with E-state index in [1.54, 1.807) is 0 Å². The van der Waals surface area contributed by atoms with Gasteiger partial charge in [-0.25, -0.2) is 0 Å². The van der Waals surface area contributed by atoms with Crippen molar-refractivity contribution in [1.29, 1.82) is 0 Å². The summed E-state index contributed by atoms with van der Waals surface area (Å²) in [6.07, 6.45) is 5.77. The van der Waals surface area contributed by atoms with Gasteiger partial charge in [-0.05, 0) is 56.6 Å². The smallest absolute Gasteiger partial charge is 0.233 e.